The van der Waals surface area contributed by atoms with Crippen LogP contribution in [0.25, 0.3) is 0 Å². The number of aromatic carboxylic acids is 1. The van der Waals surface area contributed by atoms with Crippen molar-refractivity contribution in [3.05, 3.63) is 29.8 Å². The highest BCUT2D eigenvalue weighted by atomic mass is 19.4. The summed E-state index contributed by atoms with van der Waals surface area (Å²) in [5.74, 6) is -91.4. The molecule has 0 bridgehead atoms. The Labute approximate surface area is 230 Å². The van der Waals surface area contributed by atoms with Crippen LogP contribution in [-0.4, -0.2) is 83.1 Å². The molecule has 0 radical (unpaired) electrons. The van der Waals surface area contributed by atoms with Gasteiger partial charge in [-0.15, -0.1) is 0 Å². The zero-order chi connectivity index (χ0) is 36.5. The average Bonchev–Trinajstić information content (AvgIpc) is 2.85. The molecule has 0 aromatic heterocycles. The van der Waals surface area contributed by atoms with E-state index < -0.39 is 89.3 Å². The van der Waals surface area contributed by atoms with Gasteiger partial charge in [-0.3, -0.25) is 0 Å². The van der Waals surface area contributed by atoms with Gasteiger partial charge < -0.3 is 9.84 Å². The highest BCUT2D eigenvalue weighted by Gasteiger charge is 2.98. The van der Waals surface area contributed by atoms with Crippen molar-refractivity contribution in [3.8, 4) is 5.75 Å². The summed E-state index contributed by atoms with van der Waals surface area (Å²) in [6.45, 7) is -3.35. The van der Waals surface area contributed by atoms with Crippen LogP contribution in [0.4, 0.5) is 101 Å². The molecule has 1 N–H and O–H groups in total. The largest absolute Gasteiger partial charge is 0.487 e. The zero-order valence-corrected chi connectivity index (χ0v) is 20.0. The fourth-order valence-electron chi connectivity index (χ4n) is 2.75. The first-order chi connectivity index (χ1) is 19.4. The number of ether oxygens (including phenoxy) is 1. The first kappa shape index (κ1) is 39.9. The summed E-state index contributed by atoms with van der Waals surface area (Å²) < 4.78 is 312. The second-order valence-corrected chi connectivity index (χ2v) is 8.49. The van der Waals surface area contributed by atoms with Gasteiger partial charge in [-0.05, 0) is 24.3 Å². The van der Waals surface area contributed by atoms with Crippen LogP contribution in [0.1, 0.15) is 10.4 Å². The Balaban J connectivity index is 3.65. The van der Waals surface area contributed by atoms with Gasteiger partial charge in [0.15, 0.2) is 6.61 Å². The summed E-state index contributed by atoms with van der Waals surface area (Å²) in [5.41, 5.74) is -0.698. The molecule has 1 aromatic carbocycles. The van der Waals surface area contributed by atoms with Crippen LogP contribution >= 0.6 is 0 Å². The van der Waals surface area contributed by atoms with Gasteiger partial charge in [0.05, 0.1) is 5.56 Å². The number of alkyl halides is 23. The monoisotopic (exact) mass is 720 g/mol. The number of benzene rings is 1. The van der Waals surface area contributed by atoms with E-state index in [-0.39, 0.29) is 0 Å². The van der Waals surface area contributed by atoms with Crippen LogP contribution in [0.15, 0.2) is 24.3 Å². The lowest BCUT2D eigenvalue weighted by atomic mass is 9.85. The van der Waals surface area contributed by atoms with Gasteiger partial charge >= 0.3 is 71.4 Å². The van der Waals surface area contributed by atoms with E-state index in [2.05, 4.69) is 4.74 Å². The number of carbonyl (C=O) groups is 1. The zero-order valence-electron chi connectivity index (χ0n) is 20.0. The molecule has 1 aromatic rings. The maximum Gasteiger partial charge on any atom is 0.460 e. The number of halogens is 23. The van der Waals surface area contributed by atoms with Crippen LogP contribution < -0.4 is 4.74 Å². The number of carboxylic acid groups (broad SMARTS) is 1. The van der Waals surface area contributed by atoms with E-state index in [0.29, 0.717) is 24.3 Å². The lowest BCUT2D eigenvalue weighted by molar-refractivity contribution is -0.478. The molecule has 0 saturated heterocycles. The maximum atomic E-state index is 13.9. The second kappa shape index (κ2) is 10.7. The Kier molecular flexibility index (Phi) is 9.51. The van der Waals surface area contributed by atoms with Crippen molar-refractivity contribution in [2.24, 2.45) is 0 Å². The van der Waals surface area contributed by atoms with Gasteiger partial charge in [-0.1, -0.05) is 0 Å². The van der Waals surface area contributed by atoms with E-state index in [1.807, 2.05) is 0 Å². The van der Waals surface area contributed by atoms with Crippen LogP contribution in [-0.2, 0) is 0 Å². The second-order valence-electron chi connectivity index (χ2n) is 8.49. The number of rotatable bonds is 13. The predicted molar refractivity (Wildman–Crippen MR) is 94.4 cm³/mol. The topological polar surface area (TPSA) is 46.5 Å². The van der Waals surface area contributed by atoms with E-state index in [0.717, 1.165) is 0 Å². The summed E-state index contributed by atoms with van der Waals surface area (Å²) in [4.78, 5) is 10.6. The van der Waals surface area contributed by atoms with Crippen LogP contribution in [0, 0.1) is 0 Å². The molecule has 0 saturated carbocycles. The van der Waals surface area contributed by atoms with E-state index in [9.17, 15) is 106 Å². The number of carboxylic acids is 1. The highest BCUT2D eigenvalue weighted by molar-refractivity contribution is 5.87. The Morgan fingerprint density at radius 1 is 0.467 bits per heavy atom. The molecular weight excluding hydrogens is 713 g/mol. The first-order valence-electron chi connectivity index (χ1n) is 10.2. The van der Waals surface area contributed by atoms with E-state index in [4.69, 9.17) is 5.11 Å². The predicted octanol–water partition coefficient (Wildman–Crippen LogP) is 8.68. The van der Waals surface area contributed by atoms with E-state index in [1.54, 1.807) is 0 Å². The first-order valence-corrected chi connectivity index (χ1v) is 10.2. The van der Waals surface area contributed by atoms with Gasteiger partial charge in [0.2, 0.25) is 0 Å². The highest BCUT2D eigenvalue weighted by Crippen LogP contribution is 2.67. The molecule has 0 atom stereocenters. The molecule has 45 heavy (non-hydrogen) atoms. The van der Waals surface area contributed by atoms with Crippen molar-refractivity contribution in [1.29, 1.82) is 0 Å². The summed E-state index contributed by atoms with van der Waals surface area (Å²) in [6, 6.07) is 1.45. The molecule has 0 aliphatic rings. The molecule has 26 heteroatoms. The Bertz CT molecular complexity index is 1230. The smallest absolute Gasteiger partial charge is 0.460 e. The quantitative estimate of drug-likeness (QED) is 0.208. The molecule has 1 rings (SSSR count). The molecule has 0 amide bonds. The summed E-state index contributed by atoms with van der Waals surface area (Å²) in [5, 5.41) is 8.60. The van der Waals surface area contributed by atoms with Crippen molar-refractivity contribution in [2.45, 2.75) is 65.4 Å². The fourth-order valence-corrected chi connectivity index (χ4v) is 2.75. The Hall–Kier alpha value is -3.12. The van der Waals surface area contributed by atoms with Crippen LogP contribution in [0.2, 0.25) is 0 Å². The van der Waals surface area contributed by atoms with E-state index in [1.165, 1.54) is 0 Å². The van der Waals surface area contributed by atoms with Gasteiger partial charge in [0.25, 0.3) is 0 Å². The molecular formula is C19H7F23O3. The van der Waals surface area contributed by atoms with E-state index >= 15 is 0 Å². The minimum absolute atomic E-state index is 0.291. The standard InChI is InChI=1S/C19H7F23O3/c20-9(21,5-45-7-3-1-6(2-4-7)8(43)44)10(22,23)11(24,25)12(26,27)13(28,29)14(30,31)15(32,33)16(34,35)17(36,37)18(38,39)19(40,41)42/h1-4H,5H2,(H,43,44). The van der Waals surface area contributed by atoms with Gasteiger partial charge in [-0.2, -0.15) is 101 Å². The van der Waals surface area contributed by atoms with Crippen LogP contribution in [0.3, 0.4) is 0 Å². The van der Waals surface area contributed by atoms with Crippen molar-refractivity contribution in [3.63, 3.8) is 0 Å². The Morgan fingerprint density at radius 2 is 0.733 bits per heavy atom. The normalized spacial score (nSPS) is 15.7. The third-order valence-electron chi connectivity index (χ3n) is 5.49. The molecule has 0 unspecified atom stereocenters. The lowest BCUT2D eigenvalue weighted by Crippen LogP contribution is -2.77. The molecule has 262 valence electrons. The molecule has 0 aliphatic carbocycles. The summed E-state index contributed by atoms with van der Waals surface area (Å²) >= 11 is 0. The van der Waals surface area contributed by atoms with Crippen LogP contribution in [0.5, 0.6) is 5.75 Å². The SMILES string of the molecule is O=C(O)c1ccc(OCC(F)(F)C(F)(F)C(F)(F)C(F)(F)C(F)(F)C(F)(F)C(F)(F)C(F)(F)C(F)(F)C(F)(F)C(F)(F)F)cc1. The minimum Gasteiger partial charge on any atom is -0.487 e. The third kappa shape index (κ3) is 5.41. The number of hydrogen-bond acceptors (Lipinski definition) is 2. The molecule has 3 nitrogen and oxygen atoms in total. The average molecular weight is 720 g/mol. The summed E-state index contributed by atoms with van der Waals surface area (Å²) in [7, 11) is 0. The van der Waals surface area contributed by atoms with Crippen molar-refractivity contribution in [1.82, 2.24) is 0 Å². The van der Waals surface area contributed by atoms with Crippen molar-refractivity contribution < 1.29 is 116 Å². The molecule has 0 aliphatic heterocycles. The lowest BCUT2D eigenvalue weighted by Gasteiger charge is -2.45. The third-order valence-corrected chi connectivity index (χ3v) is 5.49. The molecule has 0 heterocycles. The van der Waals surface area contributed by atoms with Gasteiger partial charge in [0.1, 0.15) is 5.75 Å². The fraction of sp³-hybridized carbons (Fsp3) is 0.632. The Morgan fingerprint density at radius 3 is 1.00 bits per heavy atom. The number of hydrogen-bond donors (Lipinski definition) is 1. The van der Waals surface area contributed by atoms with Gasteiger partial charge in [-0.25, -0.2) is 4.79 Å². The minimum atomic E-state index is -9.46. The molecule has 0 spiro atoms. The van der Waals surface area contributed by atoms with Crippen molar-refractivity contribution in [2.75, 3.05) is 6.61 Å². The molecule has 0 fully saturated rings. The van der Waals surface area contributed by atoms with Gasteiger partial charge in [0, 0.05) is 0 Å². The van der Waals surface area contributed by atoms with Crippen molar-refractivity contribution >= 4 is 5.97 Å². The summed E-state index contributed by atoms with van der Waals surface area (Å²) in [6.07, 6.45) is -8.13. The maximum absolute atomic E-state index is 13.9.